The molecule has 1 aliphatic rings. The van der Waals surface area contributed by atoms with E-state index in [0.717, 1.165) is 0 Å². The summed E-state index contributed by atoms with van der Waals surface area (Å²) in [5.74, 6) is 0. The minimum absolute atomic E-state index is 0. The van der Waals surface area contributed by atoms with Crippen molar-refractivity contribution in [2.45, 2.75) is 24.4 Å². The van der Waals surface area contributed by atoms with Gasteiger partial charge in [-0.1, -0.05) is 0 Å². The Hall–Kier alpha value is 3.80. The summed E-state index contributed by atoms with van der Waals surface area (Å²) in [6, 6.07) is 0. The van der Waals surface area contributed by atoms with Crippen molar-refractivity contribution < 1.29 is 25.2 Å². The van der Waals surface area contributed by atoms with E-state index in [9.17, 15) is 0 Å². The van der Waals surface area contributed by atoms with Gasteiger partial charge in [0.2, 0.25) is 0 Å². The molecule has 0 aliphatic carbocycles. The zero-order valence-corrected chi connectivity index (χ0v) is 17.9. The van der Waals surface area contributed by atoms with Crippen LogP contribution in [0.1, 0.15) is 0 Å². The summed E-state index contributed by atoms with van der Waals surface area (Å²) in [5.41, 5.74) is 0. The van der Waals surface area contributed by atoms with Crippen LogP contribution in [0.5, 0.6) is 0 Å². The third-order valence-electron chi connectivity index (χ3n) is 1.82. The molecule has 0 unspecified atom stereocenters. The Bertz CT molecular complexity index is 123. The summed E-state index contributed by atoms with van der Waals surface area (Å²) in [4.78, 5) is 0. The van der Waals surface area contributed by atoms with Gasteiger partial charge in [0.1, 0.15) is 24.4 Å². The van der Waals surface area contributed by atoms with Gasteiger partial charge in [0.05, 0.1) is 13.2 Å². The van der Waals surface area contributed by atoms with Crippen LogP contribution in [0.4, 0.5) is 0 Å². The van der Waals surface area contributed by atoms with E-state index in [1.807, 2.05) is 0 Å². The Balaban J connectivity index is -0.000000151. The first kappa shape index (κ1) is 27.2. The third kappa shape index (κ3) is 7.84. The van der Waals surface area contributed by atoms with Gasteiger partial charge < -0.3 is 25.2 Å². The Morgan fingerprint density at radius 3 is 1.13 bits per heavy atom. The summed E-state index contributed by atoms with van der Waals surface area (Å²) in [6.45, 7) is -0.705. The van der Waals surface area contributed by atoms with Crippen LogP contribution in [-0.4, -0.2) is 176 Å². The number of aliphatic hydroxyl groups is 4. The first-order chi connectivity index (χ1) is 5.20. The van der Waals surface area contributed by atoms with Gasteiger partial charge in [0.25, 0.3) is 0 Å². The van der Waals surface area contributed by atoms with E-state index in [0.29, 0.717) is 0 Å². The molecule has 9 heteroatoms. The van der Waals surface area contributed by atoms with E-state index >= 15 is 0 Å². The van der Waals surface area contributed by atoms with E-state index in [2.05, 4.69) is 0 Å². The van der Waals surface area contributed by atoms with Gasteiger partial charge >= 0.3 is 0 Å². The second kappa shape index (κ2) is 14.2. The molecule has 0 aromatic rings. The first-order valence-electron chi connectivity index (χ1n) is 3.44. The van der Waals surface area contributed by atoms with Crippen molar-refractivity contribution in [3.8, 4) is 0 Å². The molecule has 4 N–H and O–H groups in total. The molecule has 1 heterocycles. The molecule has 0 saturated carbocycles. The molecule has 4 radical (unpaired) electrons. The van der Waals surface area contributed by atoms with Crippen molar-refractivity contribution in [2.24, 2.45) is 0 Å². The number of hydrogen-bond donors (Lipinski definition) is 4. The van der Waals surface area contributed by atoms with Crippen LogP contribution in [0.25, 0.3) is 0 Å². The summed E-state index contributed by atoms with van der Waals surface area (Å²) in [7, 11) is 0. The Morgan fingerprint density at radius 2 is 1.00 bits per heavy atom. The topological polar surface area (TPSA) is 90.2 Å². The fourth-order valence-corrected chi connectivity index (χ4v) is 1.13. The average Bonchev–Trinajstić information content (AvgIpc) is 2.30. The van der Waals surface area contributed by atoms with Crippen LogP contribution in [-0.2, 0) is 4.74 Å². The predicted molar refractivity (Wildman–Crippen MR) is 57.9 cm³/mol. The number of rotatable bonds is 2. The van der Waals surface area contributed by atoms with E-state index in [-0.39, 0.29) is 131 Å². The molecule has 0 aromatic heterocycles. The minimum Gasteiger partial charge on any atom is -0.394 e. The number of hydrogen-bond acceptors (Lipinski definition) is 5. The monoisotopic (exact) mass is 256 g/mol. The van der Waals surface area contributed by atoms with Crippen LogP contribution >= 0.6 is 0 Å². The molecule has 0 bridgehead atoms. The Morgan fingerprint density at radius 1 is 0.733 bits per heavy atom. The van der Waals surface area contributed by atoms with Crippen LogP contribution in [0.15, 0.2) is 0 Å². The van der Waals surface area contributed by atoms with Gasteiger partial charge in [-0.05, 0) is 0 Å². The van der Waals surface area contributed by atoms with Gasteiger partial charge in [-0.15, -0.1) is 0 Å². The molecule has 0 aromatic carbocycles. The second-order valence-electron chi connectivity index (χ2n) is 2.56. The van der Waals surface area contributed by atoms with E-state index in [1.165, 1.54) is 0 Å². The molecule has 1 aliphatic heterocycles. The van der Waals surface area contributed by atoms with Gasteiger partial charge in [0.15, 0.2) is 0 Å². The maximum Gasteiger partial charge on any atom is 0.111 e. The van der Waals surface area contributed by atoms with Crippen molar-refractivity contribution in [3.05, 3.63) is 0 Å². The summed E-state index contributed by atoms with van der Waals surface area (Å²) < 4.78 is 4.88. The maximum atomic E-state index is 9.11. The van der Waals surface area contributed by atoms with E-state index < -0.39 is 24.4 Å². The van der Waals surface area contributed by atoms with Crippen molar-refractivity contribution in [3.63, 3.8) is 0 Å². The maximum absolute atomic E-state index is 9.11. The van der Waals surface area contributed by atoms with Gasteiger partial charge in [-0.25, -0.2) is 0 Å². The predicted octanol–water partition coefficient (Wildman–Crippen LogP) is -4.06. The Labute approximate surface area is 178 Å². The zero-order valence-electron chi connectivity index (χ0n) is 9.92. The fraction of sp³-hybridized carbons (Fsp3) is 1.00. The van der Waals surface area contributed by atoms with Crippen molar-refractivity contribution >= 4 is 118 Å². The summed E-state index contributed by atoms with van der Waals surface area (Å²) in [5, 5.41) is 35.4. The SMILES string of the molecule is OC[C@H]1O[C@H](CO)[C@@H](O)[C@@H]1O.[Na].[Na].[Na].[Na]. The third-order valence-corrected chi connectivity index (χ3v) is 1.82. The van der Waals surface area contributed by atoms with Crippen molar-refractivity contribution in [1.82, 2.24) is 0 Å². The smallest absolute Gasteiger partial charge is 0.111 e. The molecule has 70 valence electrons. The standard InChI is InChI=1S/C6H12O5.4Na/c7-1-3-5(9)6(10)4(2-8)11-3;;;;/h3-10H,1-2H2;;;;/t3-,4-,5-,6-;;;;/m1..../s1. The van der Waals surface area contributed by atoms with E-state index in [1.54, 1.807) is 0 Å². The minimum atomic E-state index is -1.10. The molecule has 1 fully saturated rings. The molecule has 0 amide bonds. The second-order valence-corrected chi connectivity index (χ2v) is 2.56. The molecule has 1 rings (SSSR count). The van der Waals surface area contributed by atoms with Crippen LogP contribution in [0, 0.1) is 0 Å². The first-order valence-corrected chi connectivity index (χ1v) is 3.44. The molecule has 1 saturated heterocycles. The zero-order chi connectivity index (χ0) is 8.43. The van der Waals surface area contributed by atoms with Gasteiger partial charge in [0, 0.05) is 118 Å². The average molecular weight is 256 g/mol. The van der Waals surface area contributed by atoms with Crippen LogP contribution < -0.4 is 0 Å². The van der Waals surface area contributed by atoms with Crippen molar-refractivity contribution in [2.75, 3.05) is 13.2 Å². The summed E-state index contributed by atoms with van der Waals surface area (Å²) >= 11 is 0. The molecular weight excluding hydrogens is 244 g/mol. The number of ether oxygens (including phenoxy) is 1. The van der Waals surface area contributed by atoms with Crippen LogP contribution in [0.2, 0.25) is 0 Å². The summed E-state index contributed by atoms with van der Waals surface area (Å²) in [6.07, 6.45) is -3.75. The van der Waals surface area contributed by atoms with Gasteiger partial charge in [-0.2, -0.15) is 0 Å². The molecule has 4 atom stereocenters. The van der Waals surface area contributed by atoms with Crippen molar-refractivity contribution in [1.29, 1.82) is 0 Å². The number of aliphatic hydroxyl groups excluding tert-OH is 4. The molecular formula is C6H12Na4O5. The largest absolute Gasteiger partial charge is 0.394 e. The normalized spacial score (nSPS) is 32.8. The van der Waals surface area contributed by atoms with Gasteiger partial charge in [-0.3, -0.25) is 0 Å². The molecule has 15 heavy (non-hydrogen) atoms. The van der Waals surface area contributed by atoms with Crippen LogP contribution in [0.3, 0.4) is 0 Å². The molecule has 0 spiro atoms. The Kier molecular flexibility index (Phi) is 25.8. The van der Waals surface area contributed by atoms with E-state index in [4.69, 9.17) is 25.2 Å². The molecule has 5 nitrogen and oxygen atoms in total. The fourth-order valence-electron chi connectivity index (χ4n) is 1.13. The quantitative estimate of drug-likeness (QED) is 0.377.